The Balaban J connectivity index is 3.02. The van der Waals surface area contributed by atoms with Crippen molar-refractivity contribution >= 4 is 17.9 Å². The lowest BCUT2D eigenvalue weighted by atomic mass is 9.95. The summed E-state index contributed by atoms with van der Waals surface area (Å²) in [4.78, 5) is 36.9. The monoisotopic (exact) mass is 398 g/mol. The van der Waals surface area contributed by atoms with Crippen molar-refractivity contribution in [1.29, 1.82) is 0 Å². The van der Waals surface area contributed by atoms with E-state index in [4.69, 9.17) is 18.9 Å². The van der Waals surface area contributed by atoms with Crippen LogP contribution in [0.25, 0.3) is 0 Å². The second-order valence-corrected chi connectivity index (χ2v) is 10.1. The molecule has 0 aromatic heterocycles. The smallest absolute Gasteiger partial charge is 0.311 e. The minimum absolute atomic E-state index is 0.133. The van der Waals surface area contributed by atoms with Gasteiger partial charge in [-0.15, -0.1) is 0 Å². The third-order valence-corrected chi connectivity index (χ3v) is 3.91. The zero-order chi connectivity index (χ0) is 21.9. The van der Waals surface area contributed by atoms with Crippen LogP contribution in [-0.2, 0) is 33.3 Å². The molecule has 0 bridgehead atoms. The molecule has 1 rings (SSSR count). The van der Waals surface area contributed by atoms with Crippen LogP contribution >= 0.6 is 0 Å². The largest absolute Gasteiger partial charge is 0.491 e. The molecule has 1 heterocycles. The Kier molecular flexibility index (Phi) is 7.31. The van der Waals surface area contributed by atoms with Gasteiger partial charge in [0.15, 0.2) is 18.3 Å². The summed E-state index contributed by atoms with van der Waals surface area (Å²) in [6.07, 6.45) is 0.325. The van der Waals surface area contributed by atoms with Gasteiger partial charge in [-0.3, -0.25) is 14.4 Å². The number of hydrogen-bond acceptors (Lipinski definition) is 7. The van der Waals surface area contributed by atoms with Crippen molar-refractivity contribution in [2.75, 3.05) is 6.61 Å². The van der Waals surface area contributed by atoms with Crippen LogP contribution in [0.4, 0.5) is 0 Å². The first-order valence-electron chi connectivity index (χ1n) is 9.45. The molecule has 0 fully saturated rings. The molecule has 0 saturated carbocycles. The maximum Gasteiger partial charge on any atom is 0.311 e. The Hall–Kier alpha value is -2.05. The molecule has 0 unspecified atom stereocenters. The topological polar surface area (TPSA) is 88.1 Å². The summed E-state index contributed by atoms with van der Waals surface area (Å²) in [5.41, 5.74) is -2.16. The predicted molar refractivity (Wildman–Crippen MR) is 103 cm³/mol. The van der Waals surface area contributed by atoms with Gasteiger partial charge in [0.1, 0.15) is 6.61 Å². The Bertz CT molecular complexity index is 614. The molecule has 0 amide bonds. The highest BCUT2D eigenvalue weighted by molar-refractivity contribution is 5.77. The third-order valence-electron chi connectivity index (χ3n) is 3.91. The van der Waals surface area contributed by atoms with Crippen molar-refractivity contribution in [2.24, 2.45) is 16.2 Å². The first kappa shape index (κ1) is 24.0. The van der Waals surface area contributed by atoms with Gasteiger partial charge in [-0.05, 0) is 68.4 Å². The highest BCUT2D eigenvalue weighted by Crippen LogP contribution is 2.27. The van der Waals surface area contributed by atoms with Crippen LogP contribution in [0.5, 0.6) is 0 Å². The maximum absolute atomic E-state index is 12.5. The van der Waals surface area contributed by atoms with E-state index in [1.807, 2.05) is 0 Å². The van der Waals surface area contributed by atoms with Crippen molar-refractivity contribution in [2.45, 2.75) is 80.6 Å². The summed E-state index contributed by atoms with van der Waals surface area (Å²) in [5, 5.41) is 0. The molecule has 7 nitrogen and oxygen atoms in total. The fourth-order valence-corrected chi connectivity index (χ4v) is 1.98. The maximum atomic E-state index is 12.5. The summed E-state index contributed by atoms with van der Waals surface area (Å²) in [6.45, 7) is 15.4. The zero-order valence-electron chi connectivity index (χ0n) is 18.5. The van der Waals surface area contributed by atoms with Gasteiger partial charge in [-0.2, -0.15) is 0 Å². The van der Waals surface area contributed by atoms with Gasteiger partial charge in [0.05, 0.1) is 22.5 Å². The van der Waals surface area contributed by atoms with Crippen molar-refractivity contribution in [3.63, 3.8) is 0 Å². The number of rotatable bonds is 4. The minimum atomic E-state index is -0.934. The standard InChI is InChI=1S/C21H34O7/c1-19(2,3)16(22)26-12-14-15(28-18(24)21(7,8)9)13(10-11-25-14)27-17(23)20(4,5)6/h10-11,13-15H,12H2,1-9H3/t13-,14-,15-/m1/s1. The fraction of sp³-hybridized carbons (Fsp3) is 0.762. The van der Waals surface area contributed by atoms with Crippen LogP contribution < -0.4 is 0 Å². The Morgan fingerprint density at radius 2 is 1.25 bits per heavy atom. The number of hydrogen-bond donors (Lipinski definition) is 0. The molecule has 0 saturated heterocycles. The van der Waals surface area contributed by atoms with E-state index in [2.05, 4.69) is 0 Å². The molecule has 0 N–H and O–H groups in total. The molecule has 1 aliphatic heterocycles. The van der Waals surface area contributed by atoms with E-state index in [-0.39, 0.29) is 6.61 Å². The van der Waals surface area contributed by atoms with Gasteiger partial charge in [-0.25, -0.2) is 0 Å². The first-order chi connectivity index (χ1) is 12.5. The Labute approximate surface area is 167 Å². The van der Waals surface area contributed by atoms with E-state index in [1.165, 1.54) is 12.3 Å². The van der Waals surface area contributed by atoms with E-state index in [0.29, 0.717) is 0 Å². The second kappa shape index (κ2) is 8.53. The number of ether oxygens (including phenoxy) is 4. The van der Waals surface area contributed by atoms with Gasteiger partial charge >= 0.3 is 17.9 Å². The van der Waals surface area contributed by atoms with Gasteiger partial charge < -0.3 is 18.9 Å². The number of carbonyl (C=O) groups is 3. The average Bonchev–Trinajstić information content (AvgIpc) is 2.51. The normalized spacial score (nSPS) is 22.8. The van der Waals surface area contributed by atoms with Crippen LogP contribution in [0.3, 0.4) is 0 Å². The lowest BCUT2D eigenvalue weighted by Gasteiger charge is -2.36. The number of carbonyl (C=O) groups excluding carboxylic acids is 3. The van der Waals surface area contributed by atoms with Crippen molar-refractivity contribution < 1.29 is 33.3 Å². The van der Waals surface area contributed by atoms with E-state index >= 15 is 0 Å². The van der Waals surface area contributed by atoms with Gasteiger partial charge in [0.25, 0.3) is 0 Å². The first-order valence-corrected chi connectivity index (χ1v) is 9.45. The molecule has 160 valence electrons. The molecule has 1 aliphatic rings. The summed E-state index contributed by atoms with van der Waals surface area (Å²) in [5.74, 6) is -1.32. The van der Waals surface area contributed by atoms with Crippen molar-refractivity contribution in [1.82, 2.24) is 0 Å². The molecule has 0 aromatic rings. The fourth-order valence-electron chi connectivity index (χ4n) is 1.98. The summed E-state index contributed by atoms with van der Waals surface area (Å²) in [6, 6.07) is 0. The predicted octanol–water partition coefficient (Wildman–Crippen LogP) is 3.40. The van der Waals surface area contributed by atoms with Crippen LogP contribution in [-0.4, -0.2) is 42.8 Å². The van der Waals surface area contributed by atoms with E-state index in [9.17, 15) is 14.4 Å². The highest BCUT2D eigenvalue weighted by Gasteiger charge is 2.42. The summed E-state index contributed by atoms with van der Waals surface area (Å²) in [7, 11) is 0. The zero-order valence-corrected chi connectivity index (χ0v) is 18.5. The van der Waals surface area contributed by atoms with Crippen LogP contribution in [0.2, 0.25) is 0 Å². The molecule has 0 spiro atoms. The highest BCUT2D eigenvalue weighted by atomic mass is 16.6. The third kappa shape index (κ3) is 6.84. The quantitative estimate of drug-likeness (QED) is 0.530. The molecular weight excluding hydrogens is 364 g/mol. The average molecular weight is 398 g/mol. The van der Waals surface area contributed by atoms with Crippen LogP contribution in [0, 0.1) is 16.2 Å². The molecule has 28 heavy (non-hydrogen) atoms. The number of esters is 3. The molecule has 0 aliphatic carbocycles. The van der Waals surface area contributed by atoms with Gasteiger partial charge in [0, 0.05) is 0 Å². The second-order valence-electron chi connectivity index (χ2n) is 10.1. The van der Waals surface area contributed by atoms with Crippen molar-refractivity contribution in [3.05, 3.63) is 12.3 Å². The van der Waals surface area contributed by atoms with Gasteiger partial charge in [-0.1, -0.05) is 0 Å². The van der Waals surface area contributed by atoms with Crippen molar-refractivity contribution in [3.8, 4) is 0 Å². The van der Waals surface area contributed by atoms with E-state index in [0.717, 1.165) is 0 Å². The Morgan fingerprint density at radius 1 is 0.786 bits per heavy atom. The summed E-state index contributed by atoms with van der Waals surface area (Å²) >= 11 is 0. The van der Waals surface area contributed by atoms with Crippen LogP contribution in [0.15, 0.2) is 12.3 Å². The summed E-state index contributed by atoms with van der Waals surface area (Å²) < 4.78 is 22.1. The van der Waals surface area contributed by atoms with Crippen LogP contribution in [0.1, 0.15) is 62.3 Å². The molecule has 0 radical (unpaired) electrons. The minimum Gasteiger partial charge on any atom is -0.491 e. The Morgan fingerprint density at radius 3 is 1.71 bits per heavy atom. The molecule has 0 aromatic carbocycles. The van der Waals surface area contributed by atoms with Gasteiger partial charge in [0.2, 0.25) is 0 Å². The molecular formula is C21H34O7. The lowest BCUT2D eigenvalue weighted by molar-refractivity contribution is -0.191. The van der Waals surface area contributed by atoms with E-state index in [1.54, 1.807) is 62.3 Å². The molecule has 7 heteroatoms. The molecule has 3 atom stereocenters. The lowest BCUT2D eigenvalue weighted by Crippen LogP contribution is -2.50. The SMILES string of the molecule is CC(C)(C)C(=O)OC[C@H]1OC=C[C@@H](OC(=O)C(C)(C)C)[C@H]1OC(=O)C(C)(C)C. The van der Waals surface area contributed by atoms with E-state index < -0.39 is 52.5 Å².